The van der Waals surface area contributed by atoms with Crippen molar-refractivity contribution < 1.29 is 8.42 Å². The third-order valence-electron chi connectivity index (χ3n) is 4.43. The van der Waals surface area contributed by atoms with Gasteiger partial charge in [0.1, 0.15) is 0 Å². The number of nitrogens with zero attached hydrogens (tertiary/aromatic N) is 1. The molecule has 4 nitrogen and oxygen atoms in total. The first kappa shape index (κ1) is 16.0. The van der Waals surface area contributed by atoms with Gasteiger partial charge >= 0.3 is 0 Å². The Morgan fingerprint density at radius 2 is 1.95 bits per heavy atom. The Kier molecular flexibility index (Phi) is 5.02. The molecule has 3 atom stereocenters. The molecule has 0 bridgehead atoms. The summed E-state index contributed by atoms with van der Waals surface area (Å²) in [6.07, 6.45) is 2.84. The molecule has 114 valence electrons. The van der Waals surface area contributed by atoms with Crippen molar-refractivity contribution in [3.63, 3.8) is 0 Å². The number of hydrogen-bond donors (Lipinski definition) is 1. The van der Waals surface area contributed by atoms with Crippen LogP contribution >= 0.6 is 0 Å². The number of hydrogen-bond acceptors (Lipinski definition) is 3. The Labute approximate surface area is 127 Å². The van der Waals surface area contributed by atoms with Gasteiger partial charge in [-0.25, -0.2) is 13.1 Å². The average molecular weight is 306 g/mol. The van der Waals surface area contributed by atoms with Crippen LogP contribution in [0.4, 0.5) is 0 Å². The third kappa shape index (κ3) is 4.29. The first-order valence-corrected chi connectivity index (χ1v) is 9.04. The van der Waals surface area contributed by atoms with Crippen molar-refractivity contribution in [1.82, 2.24) is 4.72 Å². The summed E-state index contributed by atoms with van der Waals surface area (Å²) in [6, 6.07) is 8.91. The summed E-state index contributed by atoms with van der Waals surface area (Å²) >= 11 is 0. The van der Waals surface area contributed by atoms with Crippen LogP contribution < -0.4 is 4.72 Å². The van der Waals surface area contributed by atoms with E-state index in [4.69, 9.17) is 5.26 Å². The first-order chi connectivity index (χ1) is 9.91. The second kappa shape index (κ2) is 6.59. The van der Waals surface area contributed by atoms with E-state index < -0.39 is 10.0 Å². The predicted octanol–water partition coefficient (Wildman–Crippen LogP) is 2.80. The lowest BCUT2D eigenvalue weighted by atomic mass is 9.79. The van der Waals surface area contributed by atoms with Gasteiger partial charge in [0, 0.05) is 6.04 Å². The van der Waals surface area contributed by atoms with E-state index in [-0.39, 0.29) is 11.8 Å². The van der Waals surface area contributed by atoms with Crippen LogP contribution in [-0.4, -0.2) is 14.5 Å². The number of sulfonamides is 1. The standard InChI is InChI=1S/C16H22N2O2S/c1-12-7-8-16(9-13(12)2)18-21(19,20)11-15-6-4-3-5-14(15)10-17/h3-6,12-13,16,18H,7-9,11H2,1-2H3. The fourth-order valence-electron chi connectivity index (χ4n) is 2.91. The highest BCUT2D eigenvalue weighted by molar-refractivity contribution is 7.88. The van der Waals surface area contributed by atoms with Crippen molar-refractivity contribution >= 4 is 10.0 Å². The maximum atomic E-state index is 12.3. The Bertz CT molecular complexity index is 634. The Balaban J connectivity index is 2.04. The number of rotatable bonds is 4. The van der Waals surface area contributed by atoms with Crippen LogP contribution in [0.5, 0.6) is 0 Å². The van der Waals surface area contributed by atoms with Crippen molar-refractivity contribution in [2.24, 2.45) is 11.8 Å². The van der Waals surface area contributed by atoms with Crippen LogP contribution in [0.15, 0.2) is 24.3 Å². The molecule has 1 aromatic carbocycles. The summed E-state index contributed by atoms with van der Waals surface area (Å²) in [5.74, 6) is 1.07. The lowest BCUT2D eigenvalue weighted by molar-refractivity contribution is 0.242. The minimum atomic E-state index is -3.41. The molecule has 0 radical (unpaired) electrons. The summed E-state index contributed by atoms with van der Waals surface area (Å²) in [4.78, 5) is 0. The number of benzene rings is 1. The Hall–Kier alpha value is -1.38. The molecule has 2 rings (SSSR count). The van der Waals surface area contributed by atoms with Gasteiger partial charge in [0.15, 0.2) is 0 Å². The molecule has 0 amide bonds. The van der Waals surface area contributed by atoms with Gasteiger partial charge in [0.05, 0.1) is 17.4 Å². The van der Waals surface area contributed by atoms with E-state index in [2.05, 4.69) is 18.6 Å². The van der Waals surface area contributed by atoms with Gasteiger partial charge < -0.3 is 0 Å². The van der Waals surface area contributed by atoms with E-state index in [1.54, 1.807) is 24.3 Å². The monoisotopic (exact) mass is 306 g/mol. The summed E-state index contributed by atoms with van der Waals surface area (Å²) in [7, 11) is -3.41. The highest BCUT2D eigenvalue weighted by Gasteiger charge is 2.27. The van der Waals surface area contributed by atoms with Crippen molar-refractivity contribution in [1.29, 1.82) is 5.26 Å². The molecule has 3 unspecified atom stereocenters. The van der Waals surface area contributed by atoms with Gasteiger partial charge in [-0.2, -0.15) is 5.26 Å². The molecule has 1 fully saturated rings. The van der Waals surface area contributed by atoms with Gasteiger partial charge in [0.25, 0.3) is 0 Å². The van der Waals surface area contributed by atoms with Crippen LogP contribution in [-0.2, 0) is 15.8 Å². The molecule has 0 aliphatic heterocycles. The zero-order valence-corrected chi connectivity index (χ0v) is 13.4. The van der Waals surface area contributed by atoms with Gasteiger partial charge in [-0.3, -0.25) is 0 Å². The molecule has 1 saturated carbocycles. The summed E-state index contributed by atoms with van der Waals surface area (Å²) in [6.45, 7) is 4.40. The van der Waals surface area contributed by atoms with E-state index in [0.29, 0.717) is 23.0 Å². The fraction of sp³-hybridized carbons (Fsp3) is 0.562. The quantitative estimate of drug-likeness (QED) is 0.930. The molecule has 1 aromatic rings. The molecule has 0 spiro atoms. The van der Waals surface area contributed by atoms with Crippen molar-refractivity contribution in [3.8, 4) is 6.07 Å². The zero-order chi connectivity index (χ0) is 15.5. The lowest BCUT2D eigenvalue weighted by Gasteiger charge is -2.32. The topological polar surface area (TPSA) is 70.0 Å². The van der Waals surface area contributed by atoms with E-state index in [9.17, 15) is 8.42 Å². The highest BCUT2D eigenvalue weighted by atomic mass is 32.2. The number of nitrogens with one attached hydrogen (secondary N) is 1. The molecule has 0 heterocycles. The average Bonchev–Trinajstić information content (AvgIpc) is 2.43. The molecule has 1 N–H and O–H groups in total. The SMILES string of the molecule is CC1CCC(NS(=O)(=O)Cc2ccccc2C#N)CC1C. The summed E-state index contributed by atoms with van der Waals surface area (Å²) in [5, 5.41) is 9.04. The first-order valence-electron chi connectivity index (χ1n) is 7.39. The molecule has 0 aromatic heterocycles. The van der Waals surface area contributed by atoms with Crippen LogP contribution in [0.1, 0.15) is 44.2 Å². The van der Waals surface area contributed by atoms with Crippen LogP contribution in [0.2, 0.25) is 0 Å². The maximum absolute atomic E-state index is 12.3. The van der Waals surface area contributed by atoms with Crippen LogP contribution in [0.25, 0.3) is 0 Å². The summed E-state index contributed by atoms with van der Waals surface area (Å²) in [5.41, 5.74) is 0.984. The molecular formula is C16H22N2O2S. The van der Waals surface area contributed by atoms with Gasteiger partial charge in [0.2, 0.25) is 10.0 Å². The van der Waals surface area contributed by atoms with E-state index in [1.807, 2.05) is 6.07 Å². The molecular weight excluding hydrogens is 284 g/mol. The van der Waals surface area contributed by atoms with Crippen LogP contribution in [0, 0.1) is 23.2 Å². The normalized spacial score (nSPS) is 26.2. The van der Waals surface area contributed by atoms with Crippen molar-refractivity contribution in [2.45, 2.75) is 44.9 Å². The Morgan fingerprint density at radius 1 is 1.24 bits per heavy atom. The maximum Gasteiger partial charge on any atom is 0.216 e. The molecule has 1 aliphatic carbocycles. The van der Waals surface area contributed by atoms with Crippen molar-refractivity contribution in [3.05, 3.63) is 35.4 Å². The largest absolute Gasteiger partial charge is 0.216 e. The number of nitriles is 1. The van der Waals surface area contributed by atoms with Gasteiger partial charge in [-0.15, -0.1) is 0 Å². The van der Waals surface area contributed by atoms with Gasteiger partial charge in [-0.05, 0) is 42.7 Å². The fourth-order valence-corrected chi connectivity index (χ4v) is 4.38. The zero-order valence-electron chi connectivity index (χ0n) is 12.5. The molecule has 0 saturated heterocycles. The summed E-state index contributed by atoms with van der Waals surface area (Å²) < 4.78 is 27.4. The van der Waals surface area contributed by atoms with E-state index in [1.165, 1.54) is 0 Å². The molecule has 5 heteroatoms. The third-order valence-corrected chi connectivity index (χ3v) is 5.81. The highest BCUT2D eigenvalue weighted by Crippen LogP contribution is 2.29. The lowest BCUT2D eigenvalue weighted by Crippen LogP contribution is -2.40. The smallest absolute Gasteiger partial charge is 0.212 e. The minimum absolute atomic E-state index is 0.0236. The predicted molar refractivity (Wildman–Crippen MR) is 82.9 cm³/mol. The van der Waals surface area contributed by atoms with E-state index >= 15 is 0 Å². The second-order valence-electron chi connectivity index (χ2n) is 6.11. The molecule has 1 aliphatic rings. The van der Waals surface area contributed by atoms with E-state index in [0.717, 1.165) is 19.3 Å². The van der Waals surface area contributed by atoms with Crippen LogP contribution in [0.3, 0.4) is 0 Å². The van der Waals surface area contributed by atoms with Gasteiger partial charge in [-0.1, -0.05) is 32.0 Å². The second-order valence-corrected chi connectivity index (χ2v) is 7.86. The Morgan fingerprint density at radius 3 is 2.62 bits per heavy atom. The van der Waals surface area contributed by atoms with Crippen molar-refractivity contribution in [2.75, 3.05) is 0 Å². The molecule has 21 heavy (non-hydrogen) atoms. The minimum Gasteiger partial charge on any atom is -0.212 e.